The van der Waals surface area contributed by atoms with Gasteiger partial charge in [0.2, 0.25) is 0 Å². The van der Waals surface area contributed by atoms with Crippen molar-refractivity contribution in [3.63, 3.8) is 0 Å². The van der Waals surface area contributed by atoms with Crippen molar-refractivity contribution >= 4 is 11.6 Å². The molecule has 1 atom stereocenters. The summed E-state index contributed by atoms with van der Waals surface area (Å²) in [6, 6.07) is 10.3. The second-order valence-electron chi connectivity index (χ2n) is 7.28. The lowest BCUT2D eigenvalue weighted by Crippen LogP contribution is -2.51. The molecule has 3 rings (SSSR count). The Labute approximate surface area is 171 Å². The van der Waals surface area contributed by atoms with E-state index in [4.69, 9.17) is 4.74 Å². The van der Waals surface area contributed by atoms with Crippen molar-refractivity contribution < 1.29 is 14.2 Å². The fraction of sp³-hybridized carbons (Fsp3) is 0.409. The Morgan fingerprint density at radius 2 is 2.14 bits per heavy atom. The first kappa shape index (κ1) is 20.8. The average molecular weight is 400 g/mol. The number of aliphatic imine (C=N–C) groups is 1. The summed E-state index contributed by atoms with van der Waals surface area (Å²) in [5.74, 6) is 1.38. The van der Waals surface area contributed by atoms with Gasteiger partial charge in [0, 0.05) is 44.0 Å². The third-order valence-electron chi connectivity index (χ3n) is 5.22. The molecule has 29 heavy (non-hydrogen) atoms. The van der Waals surface area contributed by atoms with Gasteiger partial charge >= 0.3 is 0 Å². The molecule has 7 heteroatoms. The van der Waals surface area contributed by atoms with E-state index in [0.717, 1.165) is 42.7 Å². The number of nitrogens with one attached hydrogen (secondary N) is 2. The van der Waals surface area contributed by atoms with E-state index in [1.54, 1.807) is 38.4 Å². The zero-order valence-corrected chi connectivity index (χ0v) is 17.2. The van der Waals surface area contributed by atoms with E-state index >= 15 is 0 Å². The highest BCUT2D eigenvalue weighted by atomic mass is 19.1. The molecule has 1 unspecified atom stereocenters. The van der Waals surface area contributed by atoms with Crippen LogP contribution in [-0.2, 0) is 6.54 Å². The Kier molecular flexibility index (Phi) is 6.80. The van der Waals surface area contributed by atoms with Crippen LogP contribution in [0.2, 0.25) is 0 Å². The predicted octanol–water partition coefficient (Wildman–Crippen LogP) is 3.18. The van der Waals surface area contributed by atoms with Crippen LogP contribution in [0.4, 0.5) is 10.1 Å². The van der Waals surface area contributed by atoms with Crippen molar-refractivity contribution in [2.24, 2.45) is 4.99 Å². The maximum Gasteiger partial charge on any atom is 0.191 e. The number of benzene rings is 2. The maximum atomic E-state index is 13.4. The number of hydrogen-bond donors (Lipinski definition) is 3. The average Bonchev–Trinajstić information content (AvgIpc) is 2.72. The third-order valence-corrected chi connectivity index (χ3v) is 5.22. The highest BCUT2D eigenvalue weighted by molar-refractivity contribution is 5.80. The van der Waals surface area contributed by atoms with Crippen LogP contribution < -0.4 is 20.3 Å². The number of aryl methyl sites for hydroxylation is 1. The van der Waals surface area contributed by atoms with Crippen molar-refractivity contribution in [2.75, 3.05) is 32.1 Å². The number of guanidine groups is 1. The van der Waals surface area contributed by atoms with Crippen LogP contribution >= 0.6 is 0 Å². The Morgan fingerprint density at radius 3 is 2.86 bits per heavy atom. The summed E-state index contributed by atoms with van der Waals surface area (Å²) in [6.07, 6.45) is 2.07. The van der Waals surface area contributed by atoms with Crippen molar-refractivity contribution in [2.45, 2.75) is 32.4 Å². The maximum absolute atomic E-state index is 13.4. The van der Waals surface area contributed by atoms with E-state index in [0.29, 0.717) is 18.3 Å². The minimum atomic E-state index is -0.205. The summed E-state index contributed by atoms with van der Waals surface area (Å²) in [7, 11) is 3.33. The lowest BCUT2D eigenvalue weighted by Gasteiger charge is -2.36. The molecule has 2 aromatic carbocycles. The first-order valence-corrected chi connectivity index (χ1v) is 9.84. The summed E-state index contributed by atoms with van der Waals surface area (Å²) >= 11 is 0. The van der Waals surface area contributed by atoms with Gasteiger partial charge in [-0.05, 0) is 61.7 Å². The zero-order valence-electron chi connectivity index (χ0n) is 17.2. The largest absolute Gasteiger partial charge is 0.508 e. The summed E-state index contributed by atoms with van der Waals surface area (Å²) < 4.78 is 18.7. The van der Waals surface area contributed by atoms with Crippen LogP contribution in [0.1, 0.15) is 24.0 Å². The molecule has 2 aromatic rings. The van der Waals surface area contributed by atoms with Gasteiger partial charge in [-0.25, -0.2) is 4.39 Å². The number of anilines is 1. The number of aromatic hydroxyl groups is 1. The Morgan fingerprint density at radius 1 is 1.31 bits per heavy atom. The molecule has 1 saturated heterocycles. The molecule has 0 radical (unpaired) electrons. The topological polar surface area (TPSA) is 69.1 Å². The van der Waals surface area contributed by atoms with E-state index < -0.39 is 0 Å². The lowest BCUT2D eigenvalue weighted by molar-refractivity contribution is 0.410. The monoisotopic (exact) mass is 400 g/mol. The first-order valence-electron chi connectivity index (χ1n) is 9.84. The summed E-state index contributed by atoms with van der Waals surface area (Å²) in [5, 5.41) is 16.8. The summed E-state index contributed by atoms with van der Waals surface area (Å²) in [5.41, 5.74) is 2.75. The molecule has 0 bridgehead atoms. The number of ether oxygens (including phenoxy) is 1. The molecule has 1 fully saturated rings. The van der Waals surface area contributed by atoms with Gasteiger partial charge in [-0.15, -0.1) is 0 Å². The van der Waals surface area contributed by atoms with Crippen molar-refractivity contribution in [3.8, 4) is 11.5 Å². The van der Waals surface area contributed by atoms with Crippen LogP contribution in [0, 0.1) is 12.7 Å². The number of hydrogen-bond acceptors (Lipinski definition) is 4. The Bertz CT molecular complexity index is 872. The van der Waals surface area contributed by atoms with Crippen LogP contribution in [-0.4, -0.2) is 44.4 Å². The van der Waals surface area contributed by atoms with E-state index in [-0.39, 0.29) is 17.6 Å². The molecule has 156 valence electrons. The second-order valence-corrected chi connectivity index (χ2v) is 7.28. The predicted molar refractivity (Wildman–Crippen MR) is 114 cm³/mol. The van der Waals surface area contributed by atoms with E-state index in [9.17, 15) is 9.50 Å². The SMILES string of the molecule is CN=C(NCc1cc(OC)ccc1O)NC1CCCN(c2ccc(F)cc2C)C1. The minimum Gasteiger partial charge on any atom is -0.508 e. The van der Waals surface area contributed by atoms with Crippen LogP contribution in [0.15, 0.2) is 41.4 Å². The fourth-order valence-corrected chi connectivity index (χ4v) is 3.68. The molecule has 1 aliphatic heterocycles. The normalized spacial score (nSPS) is 17.2. The van der Waals surface area contributed by atoms with Gasteiger partial charge < -0.3 is 25.4 Å². The van der Waals surface area contributed by atoms with Gasteiger partial charge in [0.15, 0.2) is 5.96 Å². The molecular weight excluding hydrogens is 371 g/mol. The minimum absolute atomic E-state index is 0.205. The van der Waals surface area contributed by atoms with Crippen LogP contribution in [0.25, 0.3) is 0 Å². The summed E-state index contributed by atoms with van der Waals surface area (Å²) in [4.78, 5) is 6.60. The van der Waals surface area contributed by atoms with Gasteiger partial charge in [0.1, 0.15) is 17.3 Å². The van der Waals surface area contributed by atoms with Crippen molar-refractivity contribution in [3.05, 3.63) is 53.3 Å². The zero-order chi connectivity index (χ0) is 20.8. The van der Waals surface area contributed by atoms with E-state index in [1.165, 1.54) is 6.07 Å². The lowest BCUT2D eigenvalue weighted by atomic mass is 10.0. The van der Waals surface area contributed by atoms with Crippen LogP contribution in [0.3, 0.4) is 0 Å². The summed E-state index contributed by atoms with van der Waals surface area (Å²) in [6.45, 7) is 4.14. The Hall–Kier alpha value is -2.96. The number of phenols is 1. The van der Waals surface area contributed by atoms with Crippen LogP contribution in [0.5, 0.6) is 11.5 Å². The second kappa shape index (κ2) is 9.49. The fourth-order valence-electron chi connectivity index (χ4n) is 3.68. The number of piperidine rings is 1. The molecule has 0 amide bonds. The molecule has 0 aromatic heterocycles. The Balaban J connectivity index is 1.60. The smallest absolute Gasteiger partial charge is 0.191 e. The van der Waals surface area contributed by atoms with E-state index in [1.807, 2.05) is 13.0 Å². The molecule has 0 spiro atoms. The number of methoxy groups -OCH3 is 1. The molecule has 0 saturated carbocycles. The highest BCUT2D eigenvalue weighted by Crippen LogP contribution is 2.25. The highest BCUT2D eigenvalue weighted by Gasteiger charge is 2.22. The number of nitrogens with zero attached hydrogens (tertiary/aromatic N) is 2. The quantitative estimate of drug-likeness (QED) is 0.531. The van der Waals surface area contributed by atoms with Gasteiger partial charge in [0.25, 0.3) is 0 Å². The van der Waals surface area contributed by atoms with Gasteiger partial charge in [-0.3, -0.25) is 4.99 Å². The van der Waals surface area contributed by atoms with Gasteiger partial charge in [-0.1, -0.05) is 0 Å². The molecule has 0 aliphatic carbocycles. The number of rotatable bonds is 5. The molecule has 3 N–H and O–H groups in total. The first-order chi connectivity index (χ1) is 14.0. The third kappa shape index (κ3) is 5.31. The van der Waals surface area contributed by atoms with Crippen molar-refractivity contribution in [1.29, 1.82) is 0 Å². The van der Waals surface area contributed by atoms with E-state index in [2.05, 4.69) is 20.5 Å². The van der Waals surface area contributed by atoms with Gasteiger partial charge in [0.05, 0.1) is 7.11 Å². The standard InChI is InChI=1S/C22H29FN4O2/c1-15-11-17(23)6-8-20(15)27-10-4-5-18(14-27)26-22(24-2)25-13-16-12-19(29-3)7-9-21(16)28/h6-9,11-12,18,28H,4-5,10,13-14H2,1-3H3,(H2,24,25,26). The molecular formula is C22H29FN4O2. The number of phenolic OH excluding ortho intramolecular Hbond substituents is 1. The van der Waals surface area contributed by atoms with Crippen molar-refractivity contribution in [1.82, 2.24) is 10.6 Å². The molecule has 1 aliphatic rings. The van der Waals surface area contributed by atoms with Gasteiger partial charge in [-0.2, -0.15) is 0 Å². The molecule has 1 heterocycles. The molecule has 6 nitrogen and oxygen atoms in total. The number of halogens is 1.